The first-order chi connectivity index (χ1) is 6.41. The van der Waals surface area contributed by atoms with Gasteiger partial charge in [0.15, 0.2) is 0 Å². The molecule has 0 spiro atoms. The molecule has 0 bridgehead atoms. The van der Waals surface area contributed by atoms with Crippen LogP contribution in [-0.2, 0) is 0 Å². The summed E-state index contributed by atoms with van der Waals surface area (Å²) in [6.45, 7) is 2.26. The summed E-state index contributed by atoms with van der Waals surface area (Å²) in [6, 6.07) is 0. The predicted octanol–water partition coefficient (Wildman–Crippen LogP) is 4.72. The molecule has 0 aromatic rings. The molecule has 1 nitrogen and oxygen atoms in total. The lowest BCUT2D eigenvalue weighted by molar-refractivity contribution is 0.571. The number of hydrogen-bond donors (Lipinski definition) is 1. The molecule has 0 radical (unpaired) electrons. The van der Waals surface area contributed by atoms with Gasteiger partial charge in [-0.25, -0.2) is 0 Å². The van der Waals surface area contributed by atoms with Crippen LogP contribution in [0.25, 0.3) is 0 Å². The summed E-state index contributed by atoms with van der Waals surface area (Å²) < 4.78 is 8.48. The molecule has 2 heteroatoms. The van der Waals surface area contributed by atoms with Crippen LogP contribution in [0.1, 0.15) is 64.7 Å². The quantitative estimate of drug-likeness (QED) is 0.410. The fourth-order valence-corrected chi connectivity index (χ4v) is 1.81. The molecule has 0 amide bonds. The van der Waals surface area contributed by atoms with Gasteiger partial charge in [0, 0.05) is 5.75 Å². The zero-order valence-corrected chi connectivity index (χ0v) is 9.74. The number of rotatable bonds is 10. The first-order valence-corrected chi connectivity index (χ1v) is 6.62. The van der Waals surface area contributed by atoms with Crippen molar-refractivity contribution in [2.24, 2.45) is 0 Å². The fraction of sp³-hybridized carbons (Fsp3) is 1.00. The van der Waals surface area contributed by atoms with Crippen LogP contribution < -0.4 is 0 Å². The maximum Gasteiger partial charge on any atom is 0.0195 e. The average molecular weight is 204 g/mol. The van der Waals surface area contributed by atoms with E-state index in [0.29, 0.717) is 0 Å². The van der Waals surface area contributed by atoms with Gasteiger partial charge in [0.25, 0.3) is 0 Å². The highest BCUT2D eigenvalue weighted by Crippen LogP contribution is 2.10. The van der Waals surface area contributed by atoms with E-state index in [1.807, 2.05) is 0 Å². The Morgan fingerprint density at radius 2 is 1.23 bits per heavy atom. The standard InChI is InChI=1S/C11H24OS/c1-2-3-4-5-6-7-8-9-10-11-13-12/h12H,2-11H2,1H3. The van der Waals surface area contributed by atoms with E-state index in [4.69, 9.17) is 4.55 Å². The Balaban J connectivity index is 2.76. The molecule has 1 N–H and O–H groups in total. The third kappa shape index (κ3) is 12.3. The van der Waals surface area contributed by atoms with E-state index in [-0.39, 0.29) is 0 Å². The smallest absolute Gasteiger partial charge is 0.0195 e. The van der Waals surface area contributed by atoms with E-state index in [0.717, 1.165) is 17.8 Å². The predicted molar refractivity (Wildman–Crippen MR) is 62.3 cm³/mol. The molecule has 0 aromatic carbocycles. The van der Waals surface area contributed by atoms with Crippen molar-refractivity contribution in [3.8, 4) is 0 Å². The third-order valence-electron chi connectivity index (χ3n) is 2.34. The van der Waals surface area contributed by atoms with E-state index in [9.17, 15) is 0 Å². The van der Waals surface area contributed by atoms with Gasteiger partial charge in [0.05, 0.1) is 0 Å². The second kappa shape index (κ2) is 12.3. The van der Waals surface area contributed by atoms with E-state index in [2.05, 4.69) is 6.92 Å². The summed E-state index contributed by atoms with van der Waals surface area (Å²) in [5.74, 6) is 0.913. The van der Waals surface area contributed by atoms with Crippen molar-refractivity contribution in [3.05, 3.63) is 0 Å². The maximum atomic E-state index is 8.48. The Hall–Kier alpha value is 0.310. The molecule has 13 heavy (non-hydrogen) atoms. The lowest BCUT2D eigenvalue weighted by atomic mass is 10.1. The normalized spacial score (nSPS) is 10.6. The van der Waals surface area contributed by atoms with E-state index < -0.39 is 0 Å². The first-order valence-electron chi connectivity index (χ1n) is 5.68. The zero-order chi connectivity index (χ0) is 9.78. The highest BCUT2D eigenvalue weighted by atomic mass is 32.2. The van der Waals surface area contributed by atoms with Gasteiger partial charge in [-0.3, -0.25) is 0 Å². The van der Waals surface area contributed by atoms with Crippen LogP contribution in [0.4, 0.5) is 0 Å². The Morgan fingerprint density at radius 1 is 0.769 bits per heavy atom. The second-order valence-corrected chi connectivity index (χ2v) is 4.33. The van der Waals surface area contributed by atoms with Crippen LogP contribution in [0.5, 0.6) is 0 Å². The Bertz CT molecular complexity index is 76.2. The molecular formula is C11H24OS. The van der Waals surface area contributed by atoms with Crippen LogP contribution in [0.15, 0.2) is 0 Å². The van der Waals surface area contributed by atoms with Crippen molar-refractivity contribution in [1.29, 1.82) is 0 Å². The largest absolute Gasteiger partial charge is 0.330 e. The molecule has 0 rings (SSSR count). The lowest BCUT2D eigenvalue weighted by Crippen LogP contribution is -1.82. The van der Waals surface area contributed by atoms with Gasteiger partial charge in [-0.15, -0.1) is 0 Å². The van der Waals surface area contributed by atoms with Gasteiger partial charge in [-0.2, -0.15) is 0 Å². The van der Waals surface area contributed by atoms with E-state index in [1.165, 1.54) is 57.8 Å². The van der Waals surface area contributed by atoms with Crippen molar-refractivity contribution < 1.29 is 4.55 Å². The summed E-state index contributed by atoms with van der Waals surface area (Å²) in [7, 11) is 0. The summed E-state index contributed by atoms with van der Waals surface area (Å²) >= 11 is 0.977. The lowest BCUT2D eigenvalue weighted by Gasteiger charge is -2.00. The van der Waals surface area contributed by atoms with Crippen molar-refractivity contribution in [1.82, 2.24) is 0 Å². The minimum atomic E-state index is 0.913. The Morgan fingerprint density at radius 3 is 1.69 bits per heavy atom. The molecule has 0 atom stereocenters. The molecule has 0 aliphatic rings. The molecule has 0 aliphatic carbocycles. The fourth-order valence-electron chi connectivity index (χ4n) is 1.48. The zero-order valence-electron chi connectivity index (χ0n) is 8.93. The van der Waals surface area contributed by atoms with Gasteiger partial charge in [0.2, 0.25) is 0 Å². The van der Waals surface area contributed by atoms with Crippen LogP contribution in [0, 0.1) is 0 Å². The van der Waals surface area contributed by atoms with E-state index in [1.54, 1.807) is 0 Å². The van der Waals surface area contributed by atoms with Crippen molar-refractivity contribution in [2.75, 3.05) is 5.75 Å². The first kappa shape index (κ1) is 13.3. The summed E-state index contributed by atoms with van der Waals surface area (Å²) in [6.07, 6.45) is 12.2. The van der Waals surface area contributed by atoms with E-state index >= 15 is 0 Å². The molecule has 0 heterocycles. The second-order valence-electron chi connectivity index (χ2n) is 3.66. The molecule has 80 valence electrons. The van der Waals surface area contributed by atoms with Gasteiger partial charge in [-0.05, 0) is 18.5 Å². The molecule has 0 unspecified atom stereocenters. The molecule has 0 fully saturated rings. The topological polar surface area (TPSA) is 20.2 Å². The highest BCUT2D eigenvalue weighted by Gasteiger charge is 1.91. The van der Waals surface area contributed by atoms with Gasteiger partial charge < -0.3 is 4.55 Å². The SMILES string of the molecule is CCCCCCCCCCCSO. The summed E-state index contributed by atoms with van der Waals surface area (Å²) in [5, 5.41) is 0. The molecule has 0 saturated heterocycles. The van der Waals surface area contributed by atoms with Gasteiger partial charge in [-0.1, -0.05) is 58.3 Å². The van der Waals surface area contributed by atoms with Gasteiger partial charge in [0.1, 0.15) is 0 Å². The van der Waals surface area contributed by atoms with Gasteiger partial charge >= 0.3 is 0 Å². The maximum absolute atomic E-state index is 8.48. The monoisotopic (exact) mass is 204 g/mol. The summed E-state index contributed by atoms with van der Waals surface area (Å²) in [5.41, 5.74) is 0. The minimum absolute atomic E-state index is 0.913. The molecule has 0 aromatic heterocycles. The molecular weight excluding hydrogens is 180 g/mol. The Kier molecular flexibility index (Phi) is 12.6. The molecule has 0 saturated carbocycles. The van der Waals surface area contributed by atoms with Crippen LogP contribution in [-0.4, -0.2) is 10.3 Å². The number of hydrogen-bond acceptors (Lipinski definition) is 2. The third-order valence-corrected chi connectivity index (χ3v) is 2.81. The molecule has 0 aliphatic heterocycles. The highest BCUT2D eigenvalue weighted by molar-refractivity contribution is 7.93. The van der Waals surface area contributed by atoms with Crippen LogP contribution >= 0.6 is 12.0 Å². The summed E-state index contributed by atoms with van der Waals surface area (Å²) in [4.78, 5) is 0. The van der Waals surface area contributed by atoms with Crippen molar-refractivity contribution in [3.63, 3.8) is 0 Å². The Labute approximate surface area is 87.5 Å². The minimum Gasteiger partial charge on any atom is -0.330 e. The van der Waals surface area contributed by atoms with Crippen molar-refractivity contribution in [2.45, 2.75) is 64.7 Å². The van der Waals surface area contributed by atoms with Crippen LogP contribution in [0.3, 0.4) is 0 Å². The van der Waals surface area contributed by atoms with Crippen molar-refractivity contribution >= 4 is 12.0 Å². The number of unbranched alkanes of at least 4 members (excludes halogenated alkanes) is 8. The van der Waals surface area contributed by atoms with Crippen LogP contribution in [0.2, 0.25) is 0 Å². The average Bonchev–Trinajstić information content (AvgIpc) is 2.16.